The van der Waals surface area contributed by atoms with Crippen LogP contribution >= 0.6 is 11.3 Å². The van der Waals surface area contributed by atoms with Gasteiger partial charge in [0.05, 0.1) is 7.11 Å². The highest BCUT2D eigenvalue weighted by atomic mass is 32.1. The molecule has 1 aliphatic heterocycles. The van der Waals surface area contributed by atoms with E-state index in [9.17, 15) is 5.11 Å². The minimum Gasteiger partial charge on any atom is -0.497 e. The molecular weight excluding hydrogens is 298 g/mol. The molecule has 0 bridgehead atoms. The second kappa shape index (κ2) is 7.13. The minimum absolute atomic E-state index is 0.305. The molecule has 0 saturated carbocycles. The smallest absolute Gasteiger partial charge is 0.119 e. The summed E-state index contributed by atoms with van der Waals surface area (Å²) < 4.78 is 10.7. The van der Waals surface area contributed by atoms with Gasteiger partial charge < -0.3 is 14.6 Å². The fraction of sp³-hybridized carbons (Fsp3) is 0.412. The van der Waals surface area contributed by atoms with E-state index in [2.05, 4.69) is 16.3 Å². The number of β-amino-alcohol motifs (C(OH)–C–C–N with tert-alkyl or cyclic N) is 1. The molecule has 1 N–H and O–H groups in total. The van der Waals surface area contributed by atoms with Crippen LogP contribution in [0.3, 0.4) is 0 Å². The maximum Gasteiger partial charge on any atom is 0.119 e. The monoisotopic (exact) mass is 319 g/mol. The van der Waals surface area contributed by atoms with Crippen LogP contribution in [0.4, 0.5) is 0 Å². The van der Waals surface area contributed by atoms with Gasteiger partial charge in [-0.25, -0.2) is 0 Å². The van der Waals surface area contributed by atoms with Crippen LogP contribution < -0.4 is 9.47 Å². The van der Waals surface area contributed by atoms with E-state index in [1.807, 2.05) is 35.6 Å². The van der Waals surface area contributed by atoms with E-state index in [1.54, 1.807) is 7.11 Å². The molecule has 1 aromatic carbocycles. The fourth-order valence-electron chi connectivity index (χ4n) is 2.68. The molecule has 0 radical (unpaired) electrons. The van der Waals surface area contributed by atoms with Crippen molar-refractivity contribution in [2.75, 3.05) is 26.8 Å². The predicted molar refractivity (Wildman–Crippen MR) is 87.8 cm³/mol. The standard InChI is InChI=1S/C17H21NO3S/c1-20-15-2-4-16(5-3-15)21-12-14(19)11-18-8-6-17-13(10-18)7-9-22-17/h2-5,7,9,14,19H,6,8,10-12H2,1H3. The summed E-state index contributed by atoms with van der Waals surface area (Å²) in [7, 11) is 1.64. The Kier molecular flexibility index (Phi) is 4.97. The van der Waals surface area contributed by atoms with Gasteiger partial charge in [-0.05, 0) is 47.7 Å². The molecule has 0 aliphatic carbocycles. The molecule has 0 amide bonds. The summed E-state index contributed by atoms with van der Waals surface area (Å²) in [6.45, 7) is 2.89. The van der Waals surface area contributed by atoms with Crippen LogP contribution in [0.5, 0.6) is 11.5 Å². The molecule has 0 fully saturated rings. The first kappa shape index (κ1) is 15.3. The summed E-state index contributed by atoms with van der Waals surface area (Å²) in [5, 5.41) is 12.3. The van der Waals surface area contributed by atoms with Crippen LogP contribution in [0.25, 0.3) is 0 Å². The lowest BCUT2D eigenvalue weighted by atomic mass is 10.1. The number of fused-ring (bicyclic) bond motifs is 1. The number of hydrogen-bond acceptors (Lipinski definition) is 5. The van der Waals surface area contributed by atoms with Gasteiger partial charge in [0.25, 0.3) is 0 Å². The van der Waals surface area contributed by atoms with Crippen LogP contribution in [-0.2, 0) is 13.0 Å². The normalized spacial score (nSPS) is 16.1. The third-order valence-electron chi connectivity index (χ3n) is 3.86. The van der Waals surface area contributed by atoms with Crippen molar-refractivity contribution in [1.82, 2.24) is 4.90 Å². The molecule has 3 rings (SSSR count). The summed E-state index contributed by atoms with van der Waals surface area (Å²) in [5.41, 5.74) is 1.40. The van der Waals surface area contributed by atoms with E-state index >= 15 is 0 Å². The summed E-state index contributed by atoms with van der Waals surface area (Å²) in [6, 6.07) is 9.59. The van der Waals surface area contributed by atoms with Crippen LogP contribution in [0.2, 0.25) is 0 Å². The van der Waals surface area contributed by atoms with Crippen LogP contribution in [-0.4, -0.2) is 42.9 Å². The fourth-order valence-corrected chi connectivity index (χ4v) is 3.57. The summed E-state index contributed by atoms with van der Waals surface area (Å²) >= 11 is 1.83. The van der Waals surface area contributed by atoms with E-state index in [1.165, 1.54) is 10.4 Å². The van der Waals surface area contributed by atoms with Gasteiger partial charge in [-0.1, -0.05) is 0 Å². The third kappa shape index (κ3) is 3.80. The second-order valence-corrected chi connectivity index (χ2v) is 6.50. The third-order valence-corrected chi connectivity index (χ3v) is 4.88. The second-order valence-electron chi connectivity index (χ2n) is 5.49. The molecule has 1 aliphatic rings. The number of thiophene rings is 1. The van der Waals surface area contributed by atoms with Crippen LogP contribution in [0.15, 0.2) is 35.7 Å². The number of aliphatic hydroxyl groups is 1. The molecule has 1 unspecified atom stereocenters. The molecule has 2 aromatic rings. The SMILES string of the molecule is COc1ccc(OCC(O)CN2CCc3sccc3C2)cc1. The van der Waals surface area contributed by atoms with Gasteiger partial charge in [-0.15, -0.1) is 11.3 Å². The Morgan fingerprint density at radius 1 is 1.23 bits per heavy atom. The average molecular weight is 319 g/mol. The Bertz CT molecular complexity index is 596. The summed E-state index contributed by atoms with van der Waals surface area (Å²) in [5.74, 6) is 1.55. The number of hydrogen-bond donors (Lipinski definition) is 1. The van der Waals surface area contributed by atoms with Crippen molar-refractivity contribution in [2.45, 2.75) is 19.1 Å². The molecule has 22 heavy (non-hydrogen) atoms. The van der Waals surface area contributed by atoms with Gasteiger partial charge in [0.1, 0.15) is 24.2 Å². The summed E-state index contributed by atoms with van der Waals surface area (Å²) in [4.78, 5) is 3.78. The van der Waals surface area contributed by atoms with Crippen molar-refractivity contribution in [2.24, 2.45) is 0 Å². The highest BCUT2D eigenvalue weighted by molar-refractivity contribution is 7.10. The van der Waals surface area contributed by atoms with Crippen LogP contribution in [0, 0.1) is 0 Å². The maximum atomic E-state index is 10.2. The van der Waals surface area contributed by atoms with E-state index in [0.29, 0.717) is 13.2 Å². The first-order chi connectivity index (χ1) is 10.7. The van der Waals surface area contributed by atoms with Crippen molar-refractivity contribution in [3.63, 3.8) is 0 Å². The Morgan fingerprint density at radius 3 is 2.77 bits per heavy atom. The molecule has 0 saturated heterocycles. The highest BCUT2D eigenvalue weighted by Crippen LogP contribution is 2.24. The lowest BCUT2D eigenvalue weighted by Crippen LogP contribution is -2.38. The van der Waals surface area contributed by atoms with Gasteiger partial charge in [0.2, 0.25) is 0 Å². The highest BCUT2D eigenvalue weighted by Gasteiger charge is 2.19. The number of methoxy groups -OCH3 is 1. The van der Waals surface area contributed by atoms with E-state index in [-0.39, 0.29) is 0 Å². The Morgan fingerprint density at radius 2 is 2.00 bits per heavy atom. The number of benzene rings is 1. The quantitative estimate of drug-likeness (QED) is 0.888. The van der Waals surface area contributed by atoms with Gasteiger partial charge in [0, 0.05) is 24.5 Å². The zero-order chi connectivity index (χ0) is 15.4. The van der Waals surface area contributed by atoms with Gasteiger partial charge in [-0.2, -0.15) is 0 Å². The number of rotatable bonds is 6. The lowest BCUT2D eigenvalue weighted by Gasteiger charge is -2.28. The van der Waals surface area contributed by atoms with E-state index in [4.69, 9.17) is 9.47 Å². The number of nitrogens with zero attached hydrogens (tertiary/aromatic N) is 1. The van der Waals surface area contributed by atoms with Crippen molar-refractivity contribution in [3.8, 4) is 11.5 Å². The van der Waals surface area contributed by atoms with Gasteiger partial charge >= 0.3 is 0 Å². The van der Waals surface area contributed by atoms with Crippen molar-refractivity contribution < 1.29 is 14.6 Å². The summed E-state index contributed by atoms with van der Waals surface area (Å²) in [6.07, 6.45) is 0.598. The zero-order valence-electron chi connectivity index (χ0n) is 12.7. The molecular formula is C17H21NO3S. The van der Waals surface area contributed by atoms with Crippen molar-refractivity contribution in [1.29, 1.82) is 0 Å². The van der Waals surface area contributed by atoms with Crippen LogP contribution in [0.1, 0.15) is 10.4 Å². The molecule has 5 heteroatoms. The zero-order valence-corrected chi connectivity index (χ0v) is 13.5. The first-order valence-electron chi connectivity index (χ1n) is 7.47. The molecule has 0 spiro atoms. The van der Waals surface area contributed by atoms with E-state index in [0.717, 1.165) is 31.0 Å². The Balaban J connectivity index is 1.45. The average Bonchev–Trinajstić information content (AvgIpc) is 3.01. The topological polar surface area (TPSA) is 41.9 Å². The van der Waals surface area contributed by atoms with E-state index < -0.39 is 6.10 Å². The number of aliphatic hydroxyl groups excluding tert-OH is 1. The lowest BCUT2D eigenvalue weighted by molar-refractivity contribution is 0.0640. The minimum atomic E-state index is -0.484. The molecule has 2 heterocycles. The Labute approximate surface area is 134 Å². The van der Waals surface area contributed by atoms with Gasteiger partial charge in [-0.3, -0.25) is 4.90 Å². The molecule has 4 nitrogen and oxygen atoms in total. The van der Waals surface area contributed by atoms with Crippen molar-refractivity contribution in [3.05, 3.63) is 46.2 Å². The van der Waals surface area contributed by atoms with Crippen molar-refractivity contribution >= 4 is 11.3 Å². The first-order valence-corrected chi connectivity index (χ1v) is 8.35. The maximum absolute atomic E-state index is 10.2. The van der Waals surface area contributed by atoms with Gasteiger partial charge in [0.15, 0.2) is 0 Å². The molecule has 118 valence electrons. The molecule has 1 atom stereocenters. The Hall–Kier alpha value is -1.56. The largest absolute Gasteiger partial charge is 0.497 e. The number of ether oxygens (including phenoxy) is 2. The predicted octanol–water partition coefficient (Wildman–Crippen LogP) is 2.55. The molecule has 1 aromatic heterocycles.